The summed E-state index contributed by atoms with van der Waals surface area (Å²) in [6.07, 6.45) is 2.25. The van der Waals surface area contributed by atoms with Crippen molar-refractivity contribution in [3.8, 4) is 11.5 Å². The van der Waals surface area contributed by atoms with E-state index in [0.29, 0.717) is 11.5 Å². The molecule has 3 aromatic rings. The first-order valence-electron chi connectivity index (χ1n) is 8.27. The number of anilines is 2. The van der Waals surface area contributed by atoms with Crippen LogP contribution in [0, 0.1) is 5.82 Å². The molecule has 1 aliphatic rings. The van der Waals surface area contributed by atoms with Gasteiger partial charge in [0.05, 0.1) is 30.1 Å². The molecule has 2 aromatic carbocycles. The van der Waals surface area contributed by atoms with Crippen LogP contribution in [0.5, 0.6) is 11.5 Å². The Morgan fingerprint density at radius 3 is 2.74 bits per heavy atom. The van der Waals surface area contributed by atoms with Crippen LogP contribution in [0.25, 0.3) is 10.9 Å². The zero-order valence-corrected chi connectivity index (χ0v) is 17.6. The lowest BCUT2D eigenvalue weighted by Crippen LogP contribution is -2.38. The number of hydrogen-bond donors (Lipinski definition) is 0. The van der Waals surface area contributed by atoms with Crippen molar-refractivity contribution in [3.05, 3.63) is 47.0 Å². The molecule has 5 nitrogen and oxygen atoms in total. The highest BCUT2D eigenvalue weighted by molar-refractivity contribution is 14.1. The number of methoxy groups -OCH3 is 2. The molecule has 0 saturated carbocycles. The van der Waals surface area contributed by atoms with E-state index in [-0.39, 0.29) is 11.1 Å². The zero-order valence-electron chi connectivity index (χ0n) is 14.7. The molecule has 4 rings (SSSR count). The highest BCUT2D eigenvalue weighted by atomic mass is 127. The zero-order chi connectivity index (χ0) is 19.1. The normalized spacial score (nSPS) is 15.9. The molecular formula is C19H16ClFIN3O2. The van der Waals surface area contributed by atoms with E-state index in [9.17, 15) is 4.39 Å². The fourth-order valence-corrected chi connectivity index (χ4v) is 4.46. The number of ether oxygens (including phenoxy) is 2. The van der Waals surface area contributed by atoms with E-state index in [2.05, 4.69) is 37.5 Å². The maximum atomic E-state index is 13.7. The van der Waals surface area contributed by atoms with Gasteiger partial charge in [0.1, 0.15) is 18.0 Å². The summed E-state index contributed by atoms with van der Waals surface area (Å²) in [7, 11) is 3.25. The summed E-state index contributed by atoms with van der Waals surface area (Å²) in [5, 5.41) is 1.000. The van der Waals surface area contributed by atoms with Crippen LogP contribution in [0.1, 0.15) is 5.56 Å². The van der Waals surface area contributed by atoms with Gasteiger partial charge in [-0.2, -0.15) is 0 Å². The second-order valence-corrected chi connectivity index (χ2v) is 7.45. The Bertz CT molecular complexity index is 1030. The highest BCUT2D eigenvalue weighted by Crippen LogP contribution is 2.46. The molecule has 0 aliphatic carbocycles. The predicted molar refractivity (Wildman–Crippen MR) is 113 cm³/mol. The van der Waals surface area contributed by atoms with Gasteiger partial charge in [-0.05, 0) is 24.6 Å². The van der Waals surface area contributed by atoms with Crippen molar-refractivity contribution in [1.82, 2.24) is 9.97 Å². The van der Waals surface area contributed by atoms with Crippen LogP contribution >= 0.6 is 34.2 Å². The summed E-state index contributed by atoms with van der Waals surface area (Å²) >= 11 is 8.39. The minimum Gasteiger partial charge on any atom is -0.493 e. The Labute approximate surface area is 174 Å². The van der Waals surface area contributed by atoms with Gasteiger partial charge in [-0.25, -0.2) is 14.4 Å². The van der Waals surface area contributed by atoms with Gasteiger partial charge in [0.2, 0.25) is 0 Å². The number of aromatic nitrogens is 2. The third-order valence-corrected chi connectivity index (χ3v) is 6.05. The van der Waals surface area contributed by atoms with E-state index in [4.69, 9.17) is 21.1 Å². The molecule has 27 heavy (non-hydrogen) atoms. The van der Waals surface area contributed by atoms with Gasteiger partial charge in [-0.1, -0.05) is 34.2 Å². The molecule has 0 amide bonds. The SMILES string of the molecule is COc1cc2ncnc3c2c(c1OC)CC(CI)N3c1ccc(F)c(Cl)c1. The largest absolute Gasteiger partial charge is 0.493 e. The van der Waals surface area contributed by atoms with Crippen molar-refractivity contribution < 1.29 is 13.9 Å². The van der Waals surface area contributed by atoms with Crippen LogP contribution in [0.2, 0.25) is 5.02 Å². The molecule has 1 aromatic heterocycles. The molecule has 2 heterocycles. The number of nitrogens with zero attached hydrogens (tertiary/aromatic N) is 3. The van der Waals surface area contributed by atoms with Crippen LogP contribution < -0.4 is 14.4 Å². The average Bonchev–Trinajstić information content (AvgIpc) is 2.69. The van der Waals surface area contributed by atoms with E-state index in [1.54, 1.807) is 26.4 Å². The van der Waals surface area contributed by atoms with Crippen molar-refractivity contribution in [3.63, 3.8) is 0 Å². The maximum Gasteiger partial charge on any atom is 0.164 e. The Hall–Kier alpha value is -1.87. The molecular weight excluding hydrogens is 484 g/mol. The summed E-state index contributed by atoms with van der Waals surface area (Å²) in [4.78, 5) is 11.1. The molecule has 0 saturated heterocycles. The van der Waals surface area contributed by atoms with Crippen molar-refractivity contribution in [2.45, 2.75) is 12.5 Å². The van der Waals surface area contributed by atoms with E-state index in [1.807, 2.05) is 6.07 Å². The van der Waals surface area contributed by atoms with Crippen LogP contribution in [0.15, 0.2) is 30.6 Å². The van der Waals surface area contributed by atoms with Crippen molar-refractivity contribution in [2.24, 2.45) is 0 Å². The van der Waals surface area contributed by atoms with E-state index < -0.39 is 5.82 Å². The Balaban J connectivity index is 2.01. The summed E-state index contributed by atoms with van der Waals surface area (Å²) in [5.41, 5.74) is 2.59. The molecule has 1 atom stereocenters. The third kappa shape index (κ3) is 2.97. The first-order chi connectivity index (χ1) is 13.1. The summed E-state index contributed by atoms with van der Waals surface area (Å²) in [6, 6.07) is 6.68. The quantitative estimate of drug-likeness (QED) is 0.376. The van der Waals surface area contributed by atoms with Crippen LogP contribution in [0.3, 0.4) is 0 Å². The number of alkyl halides is 1. The minimum atomic E-state index is -0.442. The van der Waals surface area contributed by atoms with E-state index in [1.165, 1.54) is 12.4 Å². The van der Waals surface area contributed by atoms with Crippen molar-refractivity contribution >= 4 is 56.6 Å². The molecule has 1 aliphatic heterocycles. The molecule has 140 valence electrons. The van der Waals surface area contributed by atoms with Gasteiger partial charge in [-0.15, -0.1) is 0 Å². The van der Waals surface area contributed by atoms with Gasteiger partial charge in [0, 0.05) is 27.8 Å². The number of benzene rings is 2. The monoisotopic (exact) mass is 499 g/mol. The highest BCUT2D eigenvalue weighted by Gasteiger charge is 2.33. The topological polar surface area (TPSA) is 47.5 Å². The first-order valence-corrected chi connectivity index (χ1v) is 10.2. The van der Waals surface area contributed by atoms with Crippen LogP contribution in [-0.4, -0.2) is 34.7 Å². The minimum absolute atomic E-state index is 0.0862. The smallest absolute Gasteiger partial charge is 0.164 e. The molecule has 0 radical (unpaired) electrons. The van der Waals surface area contributed by atoms with Gasteiger partial charge in [0.15, 0.2) is 11.5 Å². The Kier molecular flexibility index (Phi) is 4.98. The fourth-order valence-electron chi connectivity index (χ4n) is 3.58. The van der Waals surface area contributed by atoms with E-state index >= 15 is 0 Å². The number of hydrogen-bond acceptors (Lipinski definition) is 5. The molecule has 0 N–H and O–H groups in total. The van der Waals surface area contributed by atoms with Crippen LogP contribution in [0.4, 0.5) is 15.9 Å². The molecule has 8 heteroatoms. The number of rotatable bonds is 4. The standard InChI is InChI=1S/C19H16ClFIN3O2/c1-26-16-7-15-17-12(18(16)27-2)5-11(8-22)25(19(17)24-9-23-15)10-3-4-14(21)13(20)6-10/h3-4,6-7,9,11H,5,8H2,1-2H3. The average molecular weight is 500 g/mol. The first kappa shape index (κ1) is 18.5. The summed E-state index contributed by atoms with van der Waals surface area (Å²) in [5.74, 6) is 1.66. The van der Waals surface area contributed by atoms with Gasteiger partial charge < -0.3 is 14.4 Å². The van der Waals surface area contributed by atoms with Gasteiger partial charge in [0.25, 0.3) is 0 Å². The maximum absolute atomic E-state index is 13.7. The molecule has 0 bridgehead atoms. The number of halogens is 3. The van der Waals surface area contributed by atoms with Crippen molar-refractivity contribution in [1.29, 1.82) is 0 Å². The second-order valence-electron chi connectivity index (χ2n) is 6.16. The predicted octanol–water partition coefficient (Wildman–Crippen LogP) is 4.94. The molecule has 1 unspecified atom stereocenters. The van der Waals surface area contributed by atoms with Crippen molar-refractivity contribution in [2.75, 3.05) is 23.5 Å². The fraction of sp³-hybridized carbons (Fsp3) is 0.263. The Morgan fingerprint density at radius 1 is 1.26 bits per heavy atom. The lowest BCUT2D eigenvalue weighted by molar-refractivity contribution is 0.351. The lowest BCUT2D eigenvalue weighted by atomic mass is 9.94. The van der Waals surface area contributed by atoms with Crippen LogP contribution in [-0.2, 0) is 6.42 Å². The summed E-state index contributed by atoms with van der Waals surface area (Å²) in [6.45, 7) is 0. The van der Waals surface area contributed by atoms with E-state index in [0.717, 1.165) is 38.8 Å². The molecule has 0 spiro atoms. The second kappa shape index (κ2) is 7.27. The van der Waals surface area contributed by atoms with Gasteiger partial charge >= 0.3 is 0 Å². The molecule has 0 fully saturated rings. The lowest BCUT2D eigenvalue weighted by Gasteiger charge is -2.37. The summed E-state index contributed by atoms with van der Waals surface area (Å²) < 4.78 is 25.7. The third-order valence-electron chi connectivity index (χ3n) is 4.74. The van der Waals surface area contributed by atoms with Gasteiger partial charge in [-0.3, -0.25) is 0 Å². The Morgan fingerprint density at radius 2 is 2.07 bits per heavy atom.